The van der Waals surface area contributed by atoms with Gasteiger partial charge >= 0.3 is 0 Å². The summed E-state index contributed by atoms with van der Waals surface area (Å²) in [6.07, 6.45) is 3.96. The third kappa shape index (κ3) is 4.08. The quantitative estimate of drug-likeness (QED) is 0.850. The van der Waals surface area contributed by atoms with Crippen LogP contribution in [0.15, 0.2) is 11.4 Å². The van der Waals surface area contributed by atoms with Gasteiger partial charge in [-0.05, 0) is 68.7 Å². The normalized spacial score (nSPS) is 17.5. The summed E-state index contributed by atoms with van der Waals surface area (Å²) in [5.41, 5.74) is 1.46. The number of piperidine rings is 1. The molecule has 0 aliphatic carbocycles. The first-order valence-corrected chi connectivity index (χ1v) is 8.13. The lowest BCUT2D eigenvalue weighted by molar-refractivity contribution is 0.200. The summed E-state index contributed by atoms with van der Waals surface area (Å²) < 4.78 is 0. The van der Waals surface area contributed by atoms with E-state index in [1.54, 1.807) is 4.88 Å². The number of nitrogens with zero attached hydrogens (tertiary/aromatic N) is 1. The maximum absolute atomic E-state index is 3.46. The van der Waals surface area contributed by atoms with Crippen molar-refractivity contribution in [3.63, 3.8) is 0 Å². The van der Waals surface area contributed by atoms with Crippen LogP contribution in [0, 0.1) is 12.8 Å². The Bertz CT molecular complexity index is 342. The molecular weight excluding hydrogens is 240 g/mol. The predicted octanol–water partition coefficient (Wildman–Crippen LogP) is 3.27. The van der Waals surface area contributed by atoms with Crippen molar-refractivity contribution in [2.45, 2.75) is 39.7 Å². The molecule has 1 aliphatic heterocycles. The van der Waals surface area contributed by atoms with Gasteiger partial charge in [0, 0.05) is 18.0 Å². The van der Waals surface area contributed by atoms with E-state index in [0.29, 0.717) is 0 Å². The lowest BCUT2D eigenvalue weighted by atomic mass is 9.97. The molecule has 1 aliphatic rings. The first-order valence-electron chi connectivity index (χ1n) is 7.25. The van der Waals surface area contributed by atoms with E-state index in [4.69, 9.17) is 0 Å². The summed E-state index contributed by atoms with van der Waals surface area (Å²) in [5, 5.41) is 5.68. The topological polar surface area (TPSA) is 15.3 Å². The van der Waals surface area contributed by atoms with Gasteiger partial charge in [-0.1, -0.05) is 6.92 Å². The Morgan fingerprint density at radius 1 is 1.39 bits per heavy atom. The Kier molecular flexibility index (Phi) is 5.67. The second-order valence-corrected chi connectivity index (χ2v) is 6.46. The van der Waals surface area contributed by atoms with Crippen LogP contribution in [-0.2, 0) is 6.54 Å². The monoisotopic (exact) mass is 266 g/mol. The van der Waals surface area contributed by atoms with Crippen molar-refractivity contribution in [1.29, 1.82) is 0 Å². The molecule has 1 aromatic rings. The average Bonchev–Trinajstić information content (AvgIpc) is 2.77. The van der Waals surface area contributed by atoms with Gasteiger partial charge in [0.1, 0.15) is 0 Å². The van der Waals surface area contributed by atoms with E-state index in [0.717, 1.165) is 12.5 Å². The molecule has 1 saturated heterocycles. The molecule has 1 aromatic heterocycles. The lowest BCUT2D eigenvalue weighted by Crippen LogP contribution is -2.36. The zero-order valence-corrected chi connectivity index (χ0v) is 12.6. The summed E-state index contributed by atoms with van der Waals surface area (Å²) in [6, 6.07) is 2.24. The molecule has 0 spiro atoms. The van der Waals surface area contributed by atoms with Crippen LogP contribution in [0.3, 0.4) is 0 Å². The first-order chi connectivity index (χ1) is 8.79. The van der Waals surface area contributed by atoms with Gasteiger partial charge in [-0.3, -0.25) is 4.90 Å². The molecule has 0 radical (unpaired) electrons. The molecule has 0 atom stereocenters. The Morgan fingerprint density at radius 2 is 2.17 bits per heavy atom. The number of aryl methyl sites for hydroxylation is 1. The Hall–Kier alpha value is -0.380. The average molecular weight is 266 g/mol. The first kappa shape index (κ1) is 14.0. The Morgan fingerprint density at radius 3 is 2.78 bits per heavy atom. The van der Waals surface area contributed by atoms with Gasteiger partial charge in [0.25, 0.3) is 0 Å². The van der Waals surface area contributed by atoms with Crippen LogP contribution in [-0.4, -0.2) is 31.1 Å². The molecule has 1 N–H and O–H groups in total. The molecule has 1 fully saturated rings. The third-order valence-corrected chi connectivity index (χ3v) is 4.86. The summed E-state index contributed by atoms with van der Waals surface area (Å²) in [6.45, 7) is 10.6. The Balaban J connectivity index is 1.88. The van der Waals surface area contributed by atoms with Crippen molar-refractivity contribution in [3.8, 4) is 0 Å². The molecule has 0 saturated carbocycles. The summed E-state index contributed by atoms with van der Waals surface area (Å²) in [5.74, 6) is 0.901. The fourth-order valence-electron chi connectivity index (χ4n) is 2.75. The van der Waals surface area contributed by atoms with Crippen LogP contribution >= 0.6 is 11.3 Å². The summed E-state index contributed by atoms with van der Waals surface area (Å²) in [7, 11) is 0. The predicted molar refractivity (Wildman–Crippen MR) is 80.2 cm³/mol. The van der Waals surface area contributed by atoms with E-state index in [1.807, 2.05) is 11.3 Å². The van der Waals surface area contributed by atoms with Crippen molar-refractivity contribution in [2.75, 3.05) is 26.2 Å². The van der Waals surface area contributed by atoms with Gasteiger partial charge in [0.05, 0.1) is 0 Å². The standard InChI is InChI=1S/C15H26N2S/c1-3-9-17(11-14-4-7-16-8-5-14)12-15-13(2)6-10-18-15/h6,10,14,16H,3-5,7-9,11-12H2,1-2H3. The molecule has 0 bridgehead atoms. The molecule has 2 rings (SSSR count). The Labute approximate surface area is 115 Å². The van der Waals surface area contributed by atoms with Gasteiger partial charge in [-0.2, -0.15) is 0 Å². The molecule has 2 heterocycles. The van der Waals surface area contributed by atoms with E-state index in [9.17, 15) is 0 Å². The lowest BCUT2D eigenvalue weighted by Gasteiger charge is -2.29. The number of hydrogen-bond acceptors (Lipinski definition) is 3. The minimum atomic E-state index is 0.901. The van der Waals surface area contributed by atoms with Crippen LogP contribution in [0.1, 0.15) is 36.6 Å². The maximum atomic E-state index is 3.46. The van der Waals surface area contributed by atoms with Crippen LogP contribution in [0.5, 0.6) is 0 Å². The van der Waals surface area contributed by atoms with Crippen molar-refractivity contribution in [1.82, 2.24) is 10.2 Å². The van der Waals surface area contributed by atoms with Crippen molar-refractivity contribution >= 4 is 11.3 Å². The second kappa shape index (κ2) is 7.27. The van der Waals surface area contributed by atoms with E-state index in [2.05, 4.69) is 35.5 Å². The SMILES string of the molecule is CCCN(Cc1sccc1C)CC1CCNCC1. The smallest absolute Gasteiger partial charge is 0.0330 e. The second-order valence-electron chi connectivity index (χ2n) is 5.46. The highest BCUT2D eigenvalue weighted by molar-refractivity contribution is 7.10. The molecule has 3 heteroatoms. The van der Waals surface area contributed by atoms with Crippen molar-refractivity contribution in [3.05, 3.63) is 21.9 Å². The summed E-state index contributed by atoms with van der Waals surface area (Å²) in [4.78, 5) is 4.21. The number of rotatable bonds is 6. The van der Waals surface area contributed by atoms with E-state index >= 15 is 0 Å². The number of nitrogens with one attached hydrogen (secondary N) is 1. The van der Waals surface area contributed by atoms with Gasteiger partial charge < -0.3 is 5.32 Å². The summed E-state index contributed by atoms with van der Waals surface area (Å²) >= 11 is 1.91. The van der Waals surface area contributed by atoms with E-state index in [1.165, 1.54) is 51.0 Å². The van der Waals surface area contributed by atoms with Crippen LogP contribution in [0.4, 0.5) is 0 Å². The third-order valence-electron chi connectivity index (χ3n) is 3.85. The van der Waals surface area contributed by atoms with Gasteiger partial charge in [0.2, 0.25) is 0 Å². The largest absolute Gasteiger partial charge is 0.317 e. The van der Waals surface area contributed by atoms with E-state index in [-0.39, 0.29) is 0 Å². The van der Waals surface area contributed by atoms with Crippen LogP contribution in [0.2, 0.25) is 0 Å². The molecule has 0 unspecified atom stereocenters. The molecule has 18 heavy (non-hydrogen) atoms. The van der Waals surface area contributed by atoms with Crippen molar-refractivity contribution < 1.29 is 0 Å². The van der Waals surface area contributed by atoms with Gasteiger partial charge in [0.15, 0.2) is 0 Å². The fraction of sp³-hybridized carbons (Fsp3) is 0.733. The molecule has 0 aromatic carbocycles. The van der Waals surface area contributed by atoms with Crippen LogP contribution in [0.25, 0.3) is 0 Å². The number of thiophene rings is 1. The molecular formula is C15H26N2S. The number of hydrogen-bond donors (Lipinski definition) is 1. The zero-order valence-electron chi connectivity index (χ0n) is 11.7. The maximum Gasteiger partial charge on any atom is 0.0330 e. The molecule has 102 valence electrons. The van der Waals surface area contributed by atoms with Gasteiger partial charge in [-0.25, -0.2) is 0 Å². The van der Waals surface area contributed by atoms with Crippen molar-refractivity contribution in [2.24, 2.45) is 5.92 Å². The zero-order chi connectivity index (χ0) is 12.8. The van der Waals surface area contributed by atoms with E-state index < -0.39 is 0 Å². The highest BCUT2D eigenvalue weighted by Crippen LogP contribution is 2.20. The highest BCUT2D eigenvalue weighted by Gasteiger charge is 2.17. The molecule has 2 nitrogen and oxygen atoms in total. The minimum Gasteiger partial charge on any atom is -0.317 e. The minimum absolute atomic E-state index is 0.901. The fourth-order valence-corrected chi connectivity index (χ4v) is 3.70. The van der Waals surface area contributed by atoms with Gasteiger partial charge in [-0.15, -0.1) is 11.3 Å². The molecule has 0 amide bonds. The highest BCUT2D eigenvalue weighted by atomic mass is 32.1. The van der Waals surface area contributed by atoms with Crippen LogP contribution < -0.4 is 5.32 Å².